The van der Waals surface area contributed by atoms with Crippen LogP contribution < -0.4 is 0 Å². The van der Waals surface area contributed by atoms with Crippen LogP contribution in [-0.2, 0) is 14.2 Å². The lowest BCUT2D eigenvalue weighted by molar-refractivity contribution is -0.355. The fourth-order valence-corrected chi connectivity index (χ4v) is 2.57. The molecule has 0 aromatic heterocycles. The molecule has 10 atom stereocenters. The van der Waals surface area contributed by atoms with Gasteiger partial charge in [-0.1, -0.05) is 0 Å². The zero-order valence-electron chi connectivity index (χ0n) is 12.0. The maximum Gasteiger partial charge on any atom is 0.187 e. The molecule has 2 rings (SSSR count). The van der Waals surface area contributed by atoms with E-state index in [1.807, 2.05) is 0 Å². The van der Waals surface area contributed by atoms with E-state index >= 15 is 0 Å². The molecule has 0 saturated carbocycles. The quantitative estimate of drug-likeness (QED) is 0.243. The van der Waals surface area contributed by atoms with Crippen LogP contribution in [0.4, 0.5) is 0 Å². The second-order valence-electron chi connectivity index (χ2n) is 5.53. The van der Waals surface area contributed by atoms with Gasteiger partial charge in [0.15, 0.2) is 12.6 Å². The van der Waals surface area contributed by atoms with E-state index in [1.54, 1.807) is 0 Å². The molecule has 2 aliphatic rings. The topological polar surface area (TPSA) is 190 Å². The van der Waals surface area contributed by atoms with Crippen molar-refractivity contribution in [3.63, 3.8) is 0 Å². The summed E-state index contributed by atoms with van der Waals surface area (Å²) in [6, 6.07) is 0. The molecular formula is C12H22O11. The van der Waals surface area contributed by atoms with E-state index in [0.29, 0.717) is 0 Å². The average Bonchev–Trinajstić information content (AvgIpc) is 2.55. The van der Waals surface area contributed by atoms with Crippen molar-refractivity contribution in [1.29, 1.82) is 0 Å². The van der Waals surface area contributed by atoms with Crippen molar-refractivity contribution in [1.82, 2.24) is 0 Å². The van der Waals surface area contributed by atoms with Gasteiger partial charge in [0.25, 0.3) is 0 Å². The number of rotatable bonds is 4. The lowest BCUT2D eigenvalue weighted by Crippen LogP contribution is -2.64. The molecule has 1 unspecified atom stereocenters. The standard InChI is InChI=1S/C12H22O11/c13-1-3-5(15)6(16)9(19)12(22-3)23-10-4(2-14)21-11(20)8(18)7(10)17/h3-20H,1-2H2/t3-,4-,5+,6+,7+,8-,9-,10+,11?,12-/m1/s1. The smallest absolute Gasteiger partial charge is 0.187 e. The molecule has 0 aromatic rings. The van der Waals surface area contributed by atoms with Gasteiger partial charge >= 0.3 is 0 Å². The second-order valence-corrected chi connectivity index (χ2v) is 5.53. The minimum Gasteiger partial charge on any atom is -0.394 e. The van der Waals surface area contributed by atoms with E-state index < -0.39 is 74.6 Å². The van der Waals surface area contributed by atoms with Gasteiger partial charge in [0, 0.05) is 0 Å². The van der Waals surface area contributed by atoms with Gasteiger partial charge in [-0.2, -0.15) is 0 Å². The number of hydrogen-bond acceptors (Lipinski definition) is 11. The molecule has 0 aromatic carbocycles. The minimum absolute atomic E-state index is 0.667. The normalized spacial score (nSPS) is 51.7. The Labute approximate surface area is 130 Å². The maximum absolute atomic E-state index is 9.94. The first-order chi connectivity index (χ1) is 10.8. The van der Waals surface area contributed by atoms with Crippen molar-refractivity contribution in [3.8, 4) is 0 Å². The van der Waals surface area contributed by atoms with E-state index in [-0.39, 0.29) is 0 Å². The van der Waals surface area contributed by atoms with E-state index in [2.05, 4.69) is 0 Å². The van der Waals surface area contributed by atoms with Gasteiger partial charge in [0.2, 0.25) is 0 Å². The molecule has 8 N–H and O–H groups in total. The fraction of sp³-hybridized carbons (Fsp3) is 1.00. The van der Waals surface area contributed by atoms with Crippen molar-refractivity contribution in [2.24, 2.45) is 0 Å². The lowest BCUT2D eigenvalue weighted by atomic mass is 9.97. The van der Waals surface area contributed by atoms with Crippen LogP contribution in [0.15, 0.2) is 0 Å². The van der Waals surface area contributed by atoms with Gasteiger partial charge in [-0.3, -0.25) is 0 Å². The number of aliphatic hydroxyl groups is 8. The molecule has 0 aliphatic carbocycles. The molecule has 23 heavy (non-hydrogen) atoms. The maximum atomic E-state index is 9.94. The Morgan fingerprint density at radius 2 is 1.26 bits per heavy atom. The van der Waals surface area contributed by atoms with Crippen LogP contribution in [0.25, 0.3) is 0 Å². The van der Waals surface area contributed by atoms with E-state index in [1.165, 1.54) is 0 Å². The van der Waals surface area contributed by atoms with Crippen molar-refractivity contribution < 1.29 is 55.1 Å². The molecule has 136 valence electrons. The number of hydrogen-bond donors (Lipinski definition) is 8. The van der Waals surface area contributed by atoms with Gasteiger partial charge in [-0.05, 0) is 0 Å². The Morgan fingerprint density at radius 1 is 0.652 bits per heavy atom. The zero-order valence-corrected chi connectivity index (χ0v) is 12.0. The zero-order chi connectivity index (χ0) is 17.3. The highest BCUT2D eigenvalue weighted by Gasteiger charge is 2.50. The molecule has 11 nitrogen and oxygen atoms in total. The molecule has 2 fully saturated rings. The average molecular weight is 342 g/mol. The Balaban J connectivity index is 2.11. The summed E-state index contributed by atoms with van der Waals surface area (Å²) in [7, 11) is 0. The third-order valence-electron chi connectivity index (χ3n) is 3.98. The third-order valence-corrected chi connectivity index (χ3v) is 3.98. The van der Waals surface area contributed by atoms with Crippen LogP contribution in [0.5, 0.6) is 0 Å². The first-order valence-corrected chi connectivity index (χ1v) is 7.08. The first-order valence-electron chi connectivity index (χ1n) is 7.08. The molecule has 2 aliphatic heterocycles. The van der Waals surface area contributed by atoms with Crippen molar-refractivity contribution >= 4 is 0 Å². The largest absolute Gasteiger partial charge is 0.394 e. The van der Waals surface area contributed by atoms with Crippen LogP contribution in [0.3, 0.4) is 0 Å². The Bertz CT molecular complexity index is 378. The van der Waals surface area contributed by atoms with E-state index in [4.69, 9.17) is 19.3 Å². The highest BCUT2D eigenvalue weighted by Crippen LogP contribution is 2.28. The number of aliphatic hydroxyl groups excluding tert-OH is 8. The Hall–Kier alpha value is -0.440. The summed E-state index contributed by atoms with van der Waals surface area (Å²) in [6.45, 7) is -1.35. The van der Waals surface area contributed by atoms with Crippen LogP contribution in [-0.4, -0.2) is 115 Å². The summed E-state index contributed by atoms with van der Waals surface area (Å²) in [5.74, 6) is 0. The summed E-state index contributed by atoms with van der Waals surface area (Å²) in [5, 5.41) is 76.5. The van der Waals surface area contributed by atoms with Crippen molar-refractivity contribution in [3.05, 3.63) is 0 Å². The predicted octanol–water partition coefficient (Wildman–Crippen LogP) is -5.40. The molecule has 11 heteroatoms. The molecular weight excluding hydrogens is 320 g/mol. The van der Waals surface area contributed by atoms with E-state index in [0.717, 1.165) is 0 Å². The third kappa shape index (κ3) is 3.65. The van der Waals surface area contributed by atoms with Gasteiger partial charge < -0.3 is 55.1 Å². The molecule has 0 amide bonds. The fourth-order valence-electron chi connectivity index (χ4n) is 2.57. The summed E-state index contributed by atoms with van der Waals surface area (Å²) in [6.07, 6.45) is -15.6. The van der Waals surface area contributed by atoms with Gasteiger partial charge in [0.1, 0.15) is 48.8 Å². The first kappa shape index (κ1) is 18.9. The van der Waals surface area contributed by atoms with Crippen LogP contribution >= 0.6 is 0 Å². The Morgan fingerprint density at radius 3 is 1.83 bits per heavy atom. The minimum atomic E-state index is -1.74. The number of ether oxygens (including phenoxy) is 3. The van der Waals surface area contributed by atoms with Crippen molar-refractivity contribution in [2.45, 2.75) is 61.4 Å². The summed E-state index contributed by atoms with van der Waals surface area (Å²) < 4.78 is 15.3. The molecule has 2 heterocycles. The summed E-state index contributed by atoms with van der Waals surface area (Å²) in [5.41, 5.74) is 0. The molecule has 0 bridgehead atoms. The lowest BCUT2D eigenvalue weighted by Gasteiger charge is -2.45. The summed E-state index contributed by atoms with van der Waals surface area (Å²) in [4.78, 5) is 0. The highest BCUT2D eigenvalue weighted by molar-refractivity contribution is 4.93. The second kappa shape index (κ2) is 7.63. The molecule has 2 saturated heterocycles. The predicted molar refractivity (Wildman–Crippen MR) is 68.6 cm³/mol. The Kier molecular flexibility index (Phi) is 6.27. The van der Waals surface area contributed by atoms with Gasteiger partial charge in [-0.25, -0.2) is 0 Å². The van der Waals surface area contributed by atoms with Crippen LogP contribution in [0.2, 0.25) is 0 Å². The van der Waals surface area contributed by atoms with Gasteiger partial charge in [0.05, 0.1) is 13.2 Å². The molecule has 0 spiro atoms. The van der Waals surface area contributed by atoms with Gasteiger partial charge in [-0.15, -0.1) is 0 Å². The monoisotopic (exact) mass is 342 g/mol. The van der Waals surface area contributed by atoms with Crippen molar-refractivity contribution in [2.75, 3.05) is 13.2 Å². The highest BCUT2D eigenvalue weighted by atomic mass is 16.7. The molecule has 0 radical (unpaired) electrons. The van der Waals surface area contributed by atoms with Crippen LogP contribution in [0.1, 0.15) is 0 Å². The summed E-state index contributed by atoms with van der Waals surface area (Å²) >= 11 is 0. The SMILES string of the molecule is OC[C@H]1O[C@H](O[C@@H]2[C@@H](O)[C@@H](O)C(O)O[C@@H]2CO)[C@H](O)[C@@H](O)[C@H]1O. The van der Waals surface area contributed by atoms with Crippen LogP contribution in [0, 0.1) is 0 Å². The van der Waals surface area contributed by atoms with E-state index in [9.17, 15) is 35.7 Å².